The molecule has 0 spiro atoms. The number of quaternary nitrogens is 1. The van der Waals surface area contributed by atoms with Crippen LogP contribution >= 0.6 is 0 Å². The number of anilines is 2. The van der Waals surface area contributed by atoms with Crippen LogP contribution in [0.5, 0.6) is 5.75 Å². The van der Waals surface area contributed by atoms with Crippen LogP contribution < -0.4 is 19.9 Å². The molecule has 0 saturated carbocycles. The van der Waals surface area contributed by atoms with Gasteiger partial charge in [-0.05, 0) is 97.9 Å². The summed E-state index contributed by atoms with van der Waals surface area (Å²) in [6.07, 6.45) is 0. The molecule has 0 fully saturated rings. The lowest BCUT2D eigenvalue weighted by Gasteiger charge is -2.34. The largest absolute Gasteiger partial charge is 0.624 e. The van der Waals surface area contributed by atoms with E-state index in [4.69, 9.17) is 4.74 Å². The molecule has 1 N–H and O–H groups in total. The minimum absolute atomic E-state index is 0.0337. The number of hydrogen-bond acceptors (Lipinski definition) is 6. The Balaban J connectivity index is 1.93. The number of hydrogen-bond donors (Lipinski definition) is 1. The van der Waals surface area contributed by atoms with E-state index in [0.29, 0.717) is 5.56 Å². The Kier molecular flexibility index (Phi) is 7.37. The van der Waals surface area contributed by atoms with Crippen LogP contribution in [0.25, 0.3) is 0 Å². The second-order valence-electron chi connectivity index (χ2n) is 12.7. The third-order valence-corrected chi connectivity index (χ3v) is 7.19. The molecule has 0 amide bonds. The number of amidine groups is 1. The number of rotatable bonds is 5. The fourth-order valence-corrected chi connectivity index (χ4v) is 4.02. The molecule has 1 aliphatic rings. The van der Waals surface area contributed by atoms with Crippen molar-refractivity contribution in [3.05, 3.63) is 64.0 Å². The van der Waals surface area contributed by atoms with Crippen molar-refractivity contribution < 1.29 is 29.7 Å². The summed E-state index contributed by atoms with van der Waals surface area (Å²) in [5.74, 6) is -0.522. The van der Waals surface area contributed by atoms with Crippen molar-refractivity contribution in [2.24, 2.45) is 0 Å². The number of hydroxylamine groups is 5. The minimum Gasteiger partial charge on any atom is -0.624 e. The predicted molar refractivity (Wildman–Crippen MR) is 144 cm³/mol. The normalized spacial score (nSPS) is 18.9. The summed E-state index contributed by atoms with van der Waals surface area (Å²) in [5.41, 5.74) is -2.64. The van der Waals surface area contributed by atoms with Gasteiger partial charge in [0.15, 0.2) is 5.54 Å². The summed E-state index contributed by atoms with van der Waals surface area (Å²) in [6.45, 7) is 17.3. The summed E-state index contributed by atoms with van der Waals surface area (Å²) in [4.78, 5) is 13.1. The van der Waals surface area contributed by atoms with Gasteiger partial charge >= 0.3 is 11.8 Å². The fraction of sp³-hybridized carbons (Fsp3) is 0.500. The van der Waals surface area contributed by atoms with E-state index < -0.39 is 28.1 Å². The first-order valence-electron chi connectivity index (χ1n) is 12.5. The van der Waals surface area contributed by atoms with E-state index in [1.54, 1.807) is 81.4 Å². The minimum atomic E-state index is -0.918. The quantitative estimate of drug-likeness (QED) is 0.206. The third kappa shape index (κ3) is 5.22. The van der Waals surface area contributed by atoms with Gasteiger partial charge in [0, 0.05) is 13.8 Å². The maximum Gasteiger partial charge on any atom is 0.381 e. The molecule has 1 atom stereocenters. The van der Waals surface area contributed by atoms with Crippen molar-refractivity contribution >= 4 is 23.2 Å². The van der Waals surface area contributed by atoms with Crippen molar-refractivity contribution in [2.45, 2.75) is 91.4 Å². The van der Waals surface area contributed by atoms with E-state index in [2.05, 4.69) is 0 Å². The number of ether oxygens (including phenoxy) is 1. The SMILES string of the molecule is CC(C)(C)N([O])c1cc(C(=O)Oc2ccc(C3=[N+]([O-])C(C)(C)C(C)(C)[NH+]3[O-])cc2)cc(N([O])C(C)(C)C)c1. The zero-order chi connectivity index (χ0) is 29.0. The van der Waals surface area contributed by atoms with Gasteiger partial charge in [-0.1, -0.05) is 10.4 Å². The number of nitrogens with one attached hydrogen (secondary N) is 1. The Morgan fingerprint density at radius 1 is 0.868 bits per heavy atom. The van der Waals surface area contributed by atoms with Gasteiger partial charge in [-0.15, -0.1) is 4.74 Å². The van der Waals surface area contributed by atoms with Crippen LogP contribution in [0.2, 0.25) is 0 Å². The smallest absolute Gasteiger partial charge is 0.381 e. The van der Waals surface area contributed by atoms with Crippen LogP contribution in [0.1, 0.15) is 85.2 Å². The lowest BCUT2D eigenvalue weighted by molar-refractivity contribution is -0.805. The zero-order valence-electron chi connectivity index (χ0n) is 23.8. The molecule has 2 radical (unpaired) electrons. The second kappa shape index (κ2) is 9.53. The highest BCUT2D eigenvalue weighted by atomic mass is 16.5. The van der Waals surface area contributed by atoms with Gasteiger partial charge in [0.05, 0.1) is 28.0 Å². The molecule has 10 heteroatoms. The van der Waals surface area contributed by atoms with Crippen LogP contribution in [-0.2, 0) is 10.4 Å². The Bertz CT molecular complexity index is 1200. The van der Waals surface area contributed by atoms with E-state index in [1.165, 1.54) is 30.3 Å². The summed E-state index contributed by atoms with van der Waals surface area (Å²) < 4.78 is 6.28. The van der Waals surface area contributed by atoms with Gasteiger partial charge in [-0.25, -0.2) is 14.9 Å². The van der Waals surface area contributed by atoms with Crippen LogP contribution in [0, 0.1) is 10.4 Å². The molecular formula is C28H38N4O6. The lowest BCUT2D eigenvalue weighted by Crippen LogP contribution is -3.17. The average Bonchev–Trinajstić information content (AvgIpc) is 2.93. The first-order valence-corrected chi connectivity index (χ1v) is 12.5. The molecule has 0 aliphatic carbocycles. The monoisotopic (exact) mass is 526 g/mol. The highest BCUT2D eigenvalue weighted by Crippen LogP contribution is 2.32. The standard InChI is InChI=1S/C28H38N4O6/c1-25(2,3)29(34)20-15-19(16-21(17-20)30(35)26(4,5)6)24(33)38-22-13-11-18(12-14-22)23-31(36)27(7,8)28(9,10)32(23)37/h11-17,31H,1-10H3. The zero-order valence-corrected chi connectivity index (χ0v) is 23.8. The van der Waals surface area contributed by atoms with Gasteiger partial charge in [0.25, 0.3) is 0 Å². The van der Waals surface area contributed by atoms with Gasteiger partial charge in [0.1, 0.15) is 11.3 Å². The molecule has 0 saturated heterocycles. The fourth-order valence-electron chi connectivity index (χ4n) is 4.02. The molecule has 1 aliphatic heterocycles. The van der Waals surface area contributed by atoms with Gasteiger partial charge in [-0.2, -0.15) is 0 Å². The highest BCUT2D eigenvalue weighted by molar-refractivity contribution is 5.94. The maximum absolute atomic E-state index is 13.1. The Morgan fingerprint density at radius 3 is 1.68 bits per heavy atom. The molecule has 2 aromatic rings. The van der Waals surface area contributed by atoms with Crippen molar-refractivity contribution in [3.8, 4) is 5.75 Å². The number of benzene rings is 2. The van der Waals surface area contributed by atoms with E-state index in [-0.39, 0.29) is 33.6 Å². The molecule has 3 rings (SSSR count). The molecule has 2 aromatic carbocycles. The first-order chi connectivity index (χ1) is 17.2. The molecule has 206 valence electrons. The van der Waals surface area contributed by atoms with Crippen LogP contribution in [-0.4, -0.2) is 38.7 Å². The van der Waals surface area contributed by atoms with Crippen molar-refractivity contribution in [2.75, 3.05) is 10.1 Å². The topological polar surface area (TPSA) is 126 Å². The van der Waals surface area contributed by atoms with Crippen molar-refractivity contribution in [1.29, 1.82) is 0 Å². The van der Waals surface area contributed by atoms with E-state index >= 15 is 0 Å². The van der Waals surface area contributed by atoms with E-state index in [9.17, 15) is 25.6 Å². The first kappa shape index (κ1) is 29.4. The van der Waals surface area contributed by atoms with E-state index in [0.717, 1.165) is 14.9 Å². The van der Waals surface area contributed by atoms with Gasteiger partial charge < -0.3 is 15.2 Å². The third-order valence-electron chi connectivity index (χ3n) is 7.19. The molecule has 1 heterocycles. The predicted octanol–water partition coefficient (Wildman–Crippen LogP) is 4.02. The molecular weight excluding hydrogens is 488 g/mol. The summed E-state index contributed by atoms with van der Waals surface area (Å²) >= 11 is 0. The molecule has 0 aromatic heterocycles. The maximum atomic E-state index is 13.1. The Hall–Kier alpha value is -3.18. The molecule has 10 nitrogen and oxygen atoms in total. The number of carbonyl (C=O) groups excluding carboxylic acids is 1. The summed E-state index contributed by atoms with van der Waals surface area (Å²) in [7, 11) is 0. The average molecular weight is 527 g/mol. The summed E-state index contributed by atoms with van der Waals surface area (Å²) in [6, 6.07) is 10.3. The van der Waals surface area contributed by atoms with Crippen molar-refractivity contribution in [3.63, 3.8) is 0 Å². The lowest BCUT2D eigenvalue weighted by atomic mass is 9.84. The second-order valence-corrected chi connectivity index (χ2v) is 12.7. The van der Waals surface area contributed by atoms with E-state index in [1.807, 2.05) is 0 Å². The van der Waals surface area contributed by atoms with Crippen LogP contribution in [0.15, 0.2) is 42.5 Å². The summed E-state index contributed by atoms with van der Waals surface area (Å²) in [5, 5.41) is 53.0. The molecule has 1 unspecified atom stereocenters. The van der Waals surface area contributed by atoms with Crippen LogP contribution in [0.3, 0.4) is 0 Å². The Morgan fingerprint density at radius 2 is 1.32 bits per heavy atom. The Labute approximate surface area is 224 Å². The number of esters is 1. The molecule has 38 heavy (non-hydrogen) atoms. The van der Waals surface area contributed by atoms with Crippen molar-refractivity contribution in [1.82, 2.24) is 0 Å². The number of nitrogens with zero attached hydrogens (tertiary/aromatic N) is 3. The molecule has 0 bridgehead atoms. The number of carbonyl (C=O) groups is 1. The highest BCUT2D eigenvalue weighted by Gasteiger charge is 2.60. The van der Waals surface area contributed by atoms with Crippen LogP contribution in [0.4, 0.5) is 11.4 Å². The van der Waals surface area contributed by atoms with Gasteiger partial charge in [-0.3, -0.25) is 5.06 Å². The van der Waals surface area contributed by atoms with Gasteiger partial charge in [0.2, 0.25) is 5.54 Å².